The van der Waals surface area contributed by atoms with Crippen molar-refractivity contribution in [2.24, 2.45) is 0 Å². The molecular formula is C15H25N3O2. The molecule has 0 aromatic carbocycles. The van der Waals surface area contributed by atoms with Crippen molar-refractivity contribution < 1.29 is 9.84 Å². The van der Waals surface area contributed by atoms with Gasteiger partial charge in [0.05, 0.1) is 19.3 Å². The number of aliphatic hydroxyl groups is 1. The number of anilines is 1. The fourth-order valence-corrected chi connectivity index (χ4v) is 2.59. The predicted molar refractivity (Wildman–Crippen MR) is 79.9 cm³/mol. The Kier molecular flexibility index (Phi) is 6.24. The number of rotatable bonds is 7. The van der Waals surface area contributed by atoms with Gasteiger partial charge in [0.25, 0.3) is 0 Å². The molecule has 20 heavy (non-hydrogen) atoms. The molecule has 5 heteroatoms. The first-order valence-corrected chi connectivity index (χ1v) is 7.37. The lowest BCUT2D eigenvalue weighted by Gasteiger charge is -2.35. The number of methoxy groups -OCH3 is 1. The molecule has 5 nitrogen and oxygen atoms in total. The van der Waals surface area contributed by atoms with Gasteiger partial charge in [0, 0.05) is 32.9 Å². The monoisotopic (exact) mass is 279 g/mol. The Morgan fingerprint density at radius 3 is 3.05 bits per heavy atom. The highest BCUT2D eigenvalue weighted by Gasteiger charge is 2.22. The van der Waals surface area contributed by atoms with Crippen molar-refractivity contribution in [1.29, 1.82) is 0 Å². The van der Waals surface area contributed by atoms with E-state index in [-0.39, 0.29) is 12.6 Å². The summed E-state index contributed by atoms with van der Waals surface area (Å²) in [5.74, 6) is 0.976. The van der Waals surface area contributed by atoms with Crippen molar-refractivity contribution in [1.82, 2.24) is 10.3 Å². The Labute approximate surface area is 121 Å². The molecule has 1 unspecified atom stereocenters. The number of hydrogen-bond acceptors (Lipinski definition) is 5. The van der Waals surface area contributed by atoms with Crippen LogP contribution in [0.3, 0.4) is 0 Å². The zero-order valence-corrected chi connectivity index (χ0v) is 12.2. The molecule has 0 saturated carbocycles. The molecule has 1 aliphatic heterocycles. The zero-order valence-electron chi connectivity index (χ0n) is 12.2. The average molecular weight is 279 g/mol. The van der Waals surface area contributed by atoms with Crippen LogP contribution in [0.2, 0.25) is 0 Å². The third-order valence-electron chi connectivity index (χ3n) is 3.75. The van der Waals surface area contributed by atoms with E-state index in [4.69, 9.17) is 4.74 Å². The van der Waals surface area contributed by atoms with Crippen LogP contribution >= 0.6 is 0 Å². The van der Waals surface area contributed by atoms with Crippen LogP contribution in [-0.4, -0.2) is 49.5 Å². The van der Waals surface area contributed by atoms with E-state index >= 15 is 0 Å². The second kappa shape index (κ2) is 8.19. The lowest BCUT2D eigenvalue weighted by atomic mass is 10.0. The van der Waals surface area contributed by atoms with E-state index in [9.17, 15) is 5.11 Å². The first kappa shape index (κ1) is 15.2. The van der Waals surface area contributed by atoms with Crippen LogP contribution < -0.4 is 10.2 Å². The van der Waals surface area contributed by atoms with Gasteiger partial charge in [-0.1, -0.05) is 6.07 Å². The molecule has 112 valence electrons. The first-order chi connectivity index (χ1) is 9.85. The van der Waals surface area contributed by atoms with Gasteiger partial charge < -0.3 is 20.1 Å². The minimum absolute atomic E-state index is 0.210. The van der Waals surface area contributed by atoms with E-state index in [0.717, 1.165) is 38.5 Å². The minimum atomic E-state index is 0.210. The van der Waals surface area contributed by atoms with Crippen LogP contribution in [-0.2, 0) is 11.3 Å². The summed E-state index contributed by atoms with van der Waals surface area (Å²) < 4.78 is 4.99. The number of ether oxygens (including phenoxy) is 1. The number of nitrogens with one attached hydrogen (secondary N) is 1. The Balaban J connectivity index is 1.89. The zero-order chi connectivity index (χ0) is 14.2. The fourth-order valence-electron chi connectivity index (χ4n) is 2.59. The van der Waals surface area contributed by atoms with Crippen molar-refractivity contribution in [2.45, 2.75) is 31.8 Å². The Hall–Kier alpha value is -1.17. The van der Waals surface area contributed by atoms with Gasteiger partial charge in [-0.3, -0.25) is 0 Å². The van der Waals surface area contributed by atoms with Gasteiger partial charge in [0.15, 0.2) is 0 Å². The summed E-state index contributed by atoms with van der Waals surface area (Å²) in [6.07, 6.45) is 5.35. The van der Waals surface area contributed by atoms with Crippen LogP contribution in [0.1, 0.15) is 24.8 Å². The highest BCUT2D eigenvalue weighted by Crippen LogP contribution is 2.22. The molecule has 0 spiro atoms. The average Bonchev–Trinajstić information content (AvgIpc) is 2.52. The van der Waals surface area contributed by atoms with E-state index in [1.807, 2.05) is 6.20 Å². The third-order valence-corrected chi connectivity index (χ3v) is 3.75. The topological polar surface area (TPSA) is 57.6 Å². The molecule has 2 N–H and O–H groups in total. The highest BCUT2D eigenvalue weighted by molar-refractivity contribution is 5.41. The molecule has 0 aliphatic carbocycles. The number of nitrogens with zero attached hydrogens (tertiary/aromatic N) is 2. The maximum Gasteiger partial charge on any atom is 0.128 e. The molecule has 1 fully saturated rings. The summed E-state index contributed by atoms with van der Waals surface area (Å²) in [6.45, 7) is 3.57. The smallest absolute Gasteiger partial charge is 0.128 e. The summed E-state index contributed by atoms with van der Waals surface area (Å²) in [6, 6.07) is 4.38. The van der Waals surface area contributed by atoms with Gasteiger partial charge in [0.1, 0.15) is 5.82 Å². The highest BCUT2D eigenvalue weighted by atomic mass is 16.5. The number of hydrogen-bond donors (Lipinski definition) is 2. The molecule has 0 amide bonds. The van der Waals surface area contributed by atoms with Gasteiger partial charge in [0.2, 0.25) is 0 Å². The molecule has 1 atom stereocenters. The van der Waals surface area contributed by atoms with Gasteiger partial charge in [-0.15, -0.1) is 0 Å². The maximum atomic E-state index is 9.45. The van der Waals surface area contributed by atoms with E-state index < -0.39 is 0 Å². The summed E-state index contributed by atoms with van der Waals surface area (Å²) in [5.41, 5.74) is 1.17. The van der Waals surface area contributed by atoms with Crippen molar-refractivity contribution in [3.05, 3.63) is 23.9 Å². The third kappa shape index (κ3) is 4.16. The number of pyridine rings is 1. The molecule has 0 radical (unpaired) electrons. The lowest BCUT2D eigenvalue weighted by molar-refractivity contribution is 0.199. The fraction of sp³-hybridized carbons (Fsp3) is 0.667. The molecule has 2 rings (SSSR count). The molecule has 1 aliphatic rings. The normalized spacial score (nSPS) is 19.3. The maximum absolute atomic E-state index is 9.45. The molecular weight excluding hydrogens is 254 g/mol. The van der Waals surface area contributed by atoms with Crippen molar-refractivity contribution in [3.63, 3.8) is 0 Å². The lowest BCUT2D eigenvalue weighted by Crippen LogP contribution is -2.42. The van der Waals surface area contributed by atoms with Crippen molar-refractivity contribution >= 4 is 5.82 Å². The molecule has 1 aromatic heterocycles. The Bertz CT molecular complexity index is 383. The number of piperidine rings is 1. The minimum Gasteiger partial charge on any atom is -0.394 e. The van der Waals surface area contributed by atoms with Crippen LogP contribution in [0.15, 0.2) is 18.3 Å². The quantitative estimate of drug-likeness (QED) is 0.734. The van der Waals surface area contributed by atoms with Crippen LogP contribution in [0.5, 0.6) is 0 Å². The van der Waals surface area contributed by atoms with Gasteiger partial charge >= 0.3 is 0 Å². The Morgan fingerprint density at radius 1 is 1.45 bits per heavy atom. The van der Waals surface area contributed by atoms with Gasteiger partial charge in [-0.05, 0) is 30.9 Å². The van der Waals surface area contributed by atoms with Gasteiger partial charge in [-0.2, -0.15) is 0 Å². The number of aliphatic hydroxyl groups excluding tert-OH is 1. The van der Waals surface area contributed by atoms with E-state index in [2.05, 4.69) is 27.3 Å². The van der Waals surface area contributed by atoms with E-state index in [0.29, 0.717) is 0 Å². The Morgan fingerprint density at radius 2 is 2.35 bits per heavy atom. The van der Waals surface area contributed by atoms with Crippen molar-refractivity contribution in [3.8, 4) is 0 Å². The number of aromatic nitrogens is 1. The van der Waals surface area contributed by atoms with Crippen molar-refractivity contribution in [2.75, 3.05) is 38.3 Å². The van der Waals surface area contributed by atoms with Crippen LogP contribution in [0.4, 0.5) is 5.82 Å². The standard InChI is InChI=1S/C15H25N3O2/c1-20-9-7-16-10-13-5-6-15(17-11-13)18-8-3-2-4-14(18)12-19/h5-6,11,14,16,19H,2-4,7-10,12H2,1H3. The summed E-state index contributed by atoms with van der Waals surface area (Å²) in [4.78, 5) is 6.77. The second-order valence-electron chi connectivity index (χ2n) is 5.22. The van der Waals surface area contributed by atoms with Crippen LogP contribution in [0, 0.1) is 0 Å². The second-order valence-corrected chi connectivity index (χ2v) is 5.22. The van der Waals surface area contributed by atoms with E-state index in [1.54, 1.807) is 7.11 Å². The SMILES string of the molecule is COCCNCc1ccc(N2CCCCC2CO)nc1. The van der Waals surface area contributed by atoms with E-state index in [1.165, 1.54) is 18.4 Å². The van der Waals surface area contributed by atoms with Crippen LogP contribution in [0.25, 0.3) is 0 Å². The van der Waals surface area contributed by atoms with Gasteiger partial charge in [-0.25, -0.2) is 4.98 Å². The molecule has 2 heterocycles. The first-order valence-electron chi connectivity index (χ1n) is 7.37. The molecule has 0 bridgehead atoms. The summed E-state index contributed by atoms with van der Waals surface area (Å²) >= 11 is 0. The molecule has 1 aromatic rings. The summed E-state index contributed by atoms with van der Waals surface area (Å²) in [5, 5.41) is 12.8. The summed E-state index contributed by atoms with van der Waals surface area (Å²) in [7, 11) is 1.70. The largest absolute Gasteiger partial charge is 0.394 e. The predicted octanol–water partition coefficient (Wildman–Crippen LogP) is 1.17. The molecule has 1 saturated heterocycles.